The van der Waals surface area contributed by atoms with Gasteiger partial charge in [0.2, 0.25) is 0 Å². The third kappa shape index (κ3) is 4.52. The van der Waals surface area contributed by atoms with Crippen LogP contribution in [0.25, 0.3) is 0 Å². The van der Waals surface area contributed by atoms with Gasteiger partial charge in [-0.25, -0.2) is 0 Å². The van der Waals surface area contributed by atoms with E-state index in [1.165, 1.54) is 77.0 Å². The van der Waals surface area contributed by atoms with Gasteiger partial charge in [0.15, 0.2) is 0 Å². The summed E-state index contributed by atoms with van der Waals surface area (Å²) in [6.07, 6.45) is 19.3. The Kier molecular flexibility index (Phi) is 7.52. The molecule has 4 saturated carbocycles. The second kappa shape index (κ2) is 9.68. The molecule has 1 heteroatoms. The Morgan fingerprint density at radius 2 is 1.58 bits per heavy atom. The molecule has 0 saturated heterocycles. The van der Waals surface area contributed by atoms with Crippen molar-refractivity contribution in [2.75, 3.05) is 6.61 Å². The van der Waals surface area contributed by atoms with Crippen LogP contribution < -0.4 is 0 Å². The molecule has 0 aromatic rings. The number of hydrogen-bond donors (Lipinski definition) is 0. The van der Waals surface area contributed by atoms with Crippen LogP contribution in [-0.2, 0) is 4.74 Å². The highest BCUT2D eigenvalue weighted by Gasteiger charge is 2.60. The summed E-state index contributed by atoms with van der Waals surface area (Å²) in [5, 5.41) is 0. The van der Waals surface area contributed by atoms with Crippen LogP contribution in [0.2, 0.25) is 0 Å². The third-order valence-corrected chi connectivity index (χ3v) is 11.4. The Morgan fingerprint density at radius 3 is 2.32 bits per heavy atom. The van der Waals surface area contributed by atoms with Gasteiger partial charge in [0, 0.05) is 6.61 Å². The van der Waals surface area contributed by atoms with Crippen LogP contribution in [-0.4, -0.2) is 12.7 Å². The van der Waals surface area contributed by atoms with Gasteiger partial charge in [-0.3, -0.25) is 0 Å². The predicted molar refractivity (Wildman–Crippen MR) is 133 cm³/mol. The molecule has 0 spiro atoms. The van der Waals surface area contributed by atoms with Gasteiger partial charge >= 0.3 is 0 Å². The van der Waals surface area contributed by atoms with Crippen molar-refractivity contribution in [2.45, 2.75) is 131 Å². The van der Waals surface area contributed by atoms with Crippen LogP contribution in [0.1, 0.15) is 125 Å². The first-order valence-electron chi connectivity index (χ1n) is 14.4. The summed E-state index contributed by atoms with van der Waals surface area (Å²) in [5.41, 5.74) is 1.25. The molecule has 0 aliphatic heterocycles. The van der Waals surface area contributed by atoms with Gasteiger partial charge in [-0.2, -0.15) is 0 Å². The lowest BCUT2D eigenvalue weighted by Crippen LogP contribution is -2.54. The smallest absolute Gasteiger partial charge is 0.0578 e. The van der Waals surface area contributed by atoms with Gasteiger partial charge in [-0.1, -0.05) is 60.8 Å². The van der Waals surface area contributed by atoms with E-state index in [4.69, 9.17) is 4.74 Å². The fraction of sp³-hybridized carbons (Fsp3) is 1.00. The van der Waals surface area contributed by atoms with E-state index < -0.39 is 0 Å². The number of rotatable bonds is 8. The molecule has 9 atom stereocenters. The highest BCUT2D eigenvalue weighted by Crippen LogP contribution is 2.68. The Morgan fingerprint density at radius 1 is 0.839 bits per heavy atom. The number of ether oxygens (including phenoxy) is 1. The maximum atomic E-state index is 6.23. The minimum Gasteiger partial charge on any atom is -0.378 e. The Labute approximate surface area is 194 Å². The summed E-state index contributed by atoms with van der Waals surface area (Å²) in [6.45, 7) is 16.1. The highest BCUT2D eigenvalue weighted by atomic mass is 16.5. The Balaban J connectivity index is 1.41. The molecule has 0 aromatic heterocycles. The first-order chi connectivity index (χ1) is 14.8. The van der Waals surface area contributed by atoms with Crippen molar-refractivity contribution in [3.05, 3.63) is 0 Å². The van der Waals surface area contributed by atoms with Crippen molar-refractivity contribution in [2.24, 2.45) is 52.3 Å². The molecule has 0 N–H and O–H groups in total. The lowest BCUT2D eigenvalue weighted by atomic mass is 9.44. The van der Waals surface area contributed by atoms with Crippen molar-refractivity contribution in [3.63, 3.8) is 0 Å². The molecule has 0 heterocycles. The van der Waals surface area contributed by atoms with E-state index in [9.17, 15) is 0 Å². The fourth-order valence-electron chi connectivity index (χ4n) is 9.68. The molecule has 1 nitrogen and oxygen atoms in total. The van der Waals surface area contributed by atoms with Gasteiger partial charge in [0.05, 0.1) is 6.10 Å². The quantitative estimate of drug-likeness (QED) is 0.373. The maximum Gasteiger partial charge on any atom is 0.0578 e. The minimum absolute atomic E-state index is 0.561. The normalized spacial score (nSPS) is 45.8. The van der Waals surface area contributed by atoms with Gasteiger partial charge in [-0.05, 0) is 116 Å². The summed E-state index contributed by atoms with van der Waals surface area (Å²) < 4.78 is 6.23. The first kappa shape index (κ1) is 24.1. The molecule has 180 valence electrons. The topological polar surface area (TPSA) is 9.23 Å². The number of hydrogen-bond acceptors (Lipinski definition) is 1. The molecule has 0 aromatic carbocycles. The largest absolute Gasteiger partial charge is 0.378 e. The fourth-order valence-corrected chi connectivity index (χ4v) is 9.68. The second-order valence-electron chi connectivity index (χ2n) is 13.5. The second-order valence-corrected chi connectivity index (χ2v) is 13.5. The highest BCUT2D eigenvalue weighted by molar-refractivity contribution is 5.09. The van der Waals surface area contributed by atoms with Crippen LogP contribution in [0, 0.1) is 52.3 Å². The van der Waals surface area contributed by atoms with E-state index in [-0.39, 0.29) is 0 Å². The van der Waals surface area contributed by atoms with Gasteiger partial charge in [-0.15, -0.1) is 0 Å². The minimum atomic E-state index is 0.561. The molecular weight excluding hydrogens is 376 g/mol. The summed E-state index contributed by atoms with van der Waals surface area (Å²) in [4.78, 5) is 0. The van der Waals surface area contributed by atoms with Crippen molar-refractivity contribution in [1.82, 2.24) is 0 Å². The summed E-state index contributed by atoms with van der Waals surface area (Å²) in [7, 11) is 0. The zero-order chi connectivity index (χ0) is 22.2. The van der Waals surface area contributed by atoms with Crippen molar-refractivity contribution in [3.8, 4) is 0 Å². The van der Waals surface area contributed by atoms with Crippen LogP contribution in [0.3, 0.4) is 0 Å². The summed E-state index contributed by atoms with van der Waals surface area (Å²) >= 11 is 0. The Hall–Kier alpha value is -0.0400. The molecule has 31 heavy (non-hydrogen) atoms. The third-order valence-electron chi connectivity index (χ3n) is 11.4. The lowest BCUT2D eigenvalue weighted by Gasteiger charge is -2.61. The van der Waals surface area contributed by atoms with Crippen molar-refractivity contribution >= 4 is 0 Å². The van der Waals surface area contributed by atoms with Gasteiger partial charge < -0.3 is 4.74 Å². The van der Waals surface area contributed by atoms with Crippen LogP contribution in [0.5, 0.6) is 0 Å². The van der Waals surface area contributed by atoms with E-state index in [2.05, 4.69) is 41.5 Å². The predicted octanol–water partition coefficient (Wildman–Crippen LogP) is 8.90. The number of fused-ring (bicyclic) bond motifs is 5. The van der Waals surface area contributed by atoms with Gasteiger partial charge in [0.1, 0.15) is 0 Å². The van der Waals surface area contributed by atoms with Crippen LogP contribution in [0.4, 0.5) is 0 Å². The molecule has 0 radical (unpaired) electrons. The SMILES string of the molecule is CCCOC1CCC2(C)C(CCC3C2CCC2(C)C(C(C)CCCC(C)C)CCC32)C1. The molecule has 4 aliphatic rings. The molecule has 0 amide bonds. The molecular formula is C30H54O. The average molecular weight is 431 g/mol. The van der Waals surface area contributed by atoms with E-state index >= 15 is 0 Å². The van der Waals surface area contributed by atoms with E-state index in [1.807, 2.05) is 0 Å². The molecule has 4 rings (SSSR count). The average Bonchev–Trinajstić information content (AvgIpc) is 3.09. The maximum absolute atomic E-state index is 6.23. The van der Waals surface area contributed by atoms with Crippen LogP contribution >= 0.6 is 0 Å². The lowest BCUT2D eigenvalue weighted by molar-refractivity contribution is -0.136. The first-order valence-corrected chi connectivity index (χ1v) is 14.4. The van der Waals surface area contributed by atoms with E-state index in [1.54, 1.807) is 6.42 Å². The summed E-state index contributed by atoms with van der Waals surface area (Å²) in [6, 6.07) is 0. The molecule has 9 unspecified atom stereocenters. The zero-order valence-corrected chi connectivity index (χ0v) is 21.9. The van der Waals surface area contributed by atoms with E-state index in [0.29, 0.717) is 16.9 Å². The summed E-state index contributed by atoms with van der Waals surface area (Å²) in [5.74, 6) is 6.79. The standard InChI is InChI=1S/C30H54O/c1-7-19-31-24-15-17-29(5)23(20-24)11-12-25-27-14-13-26(22(4)10-8-9-21(2)3)30(27,6)18-16-28(25)29/h21-28H,7-20H2,1-6H3. The van der Waals surface area contributed by atoms with Gasteiger partial charge in [0.25, 0.3) is 0 Å². The van der Waals surface area contributed by atoms with Crippen molar-refractivity contribution in [1.29, 1.82) is 0 Å². The Bertz CT molecular complexity index is 583. The van der Waals surface area contributed by atoms with Crippen LogP contribution in [0.15, 0.2) is 0 Å². The zero-order valence-electron chi connectivity index (χ0n) is 21.9. The molecule has 4 aliphatic carbocycles. The molecule has 4 fully saturated rings. The monoisotopic (exact) mass is 430 g/mol. The van der Waals surface area contributed by atoms with E-state index in [0.717, 1.165) is 48.0 Å². The molecule has 0 bridgehead atoms. The van der Waals surface area contributed by atoms with Crippen molar-refractivity contribution < 1.29 is 4.74 Å².